The van der Waals surface area contributed by atoms with Crippen molar-refractivity contribution in [2.75, 3.05) is 14.1 Å². The van der Waals surface area contributed by atoms with Gasteiger partial charge in [-0.1, -0.05) is 86.0 Å². The Bertz CT molecular complexity index is 280. The molecule has 27 heavy (non-hydrogen) atoms. The summed E-state index contributed by atoms with van der Waals surface area (Å²) in [6.45, 7) is 44.0. The molecule has 0 spiro atoms. The third kappa shape index (κ3) is 30.0. The van der Waals surface area contributed by atoms with E-state index in [9.17, 15) is 0 Å². The molecular formula is C16H49Cl3La2N2Si4-. The van der Waals surface area contributed by atoms with E-state index >= 15 is 0 Å². The van der Waals surface area contributed by atoms with Crippen molar-refractivity contribution in [2.24, 2.45) is 0 Å². The summed E-state index contributed by atoms with van der Waals surface area (Å²) in [5.41, 5.74) is 0. The van der Waals surface area contributed by atoms with Crippen LogP contribution < -0.4 is 0 Å². The fourth-order valence-corrected chi connectivity index (χ4v) is 18.1. The van der Waals surface area contributed by atoms with Crippen LogP contribution in [0.3, 0.4) is 0 Å². The summed E-state index contributed by atoms with van der Waals surface area (Å²) < 4.78 is 5.31. The molecule has 0 aliphatic carbocycles. The summed E-state index contributed by atoms with van der Waals surface area (Å²) >= 11 is -2.31. The van der Waals surface area contributed by atoms with Crippen molar-refractivity contribution in [3.05, 3.63) is 7.43 Å². The molecule has 11 heteroatoms. The zero-order chi connectivity index (χ0) is 20.7. The van der Waals surface area contributed by atoms with Crippen LogP contribution in [0.1, 0.15) is 7.43 Å². The summed E-state index contributed by atoms with van der Waals surface area (Å²) in [6, 6.07) is 0. The summed E-state index contributed by atoms with van der Waals surface area (Å²) in [5, 5.41) is 0. The van der Waals surface area contributed by atoms with Gasteiger partial charge >= 0.3 is 46.0 Å². The molecular weight excluding hydrogens is 717 g/mol. The summed E-state index contributed by atoms with van der Waals surface area (Å²) in [5.74, 6) is 0. The smallest absolute Gasteiger partial charge is 0 e. The fourth-order valence-electron chi connectivity index (χ4n) is 2.01. The van der Waals surface area contributed by atoms with E-state index in [2.05, 4.69) is 101 Å². The molecule has 0 fully saturated rings. The quantitative estimate of drug-likeness (QED) is 0.210. The fraction of sp³-hybridized carbons (Fsp3) is 0.938. The average Bonchev–Trinajstić information content (AvgIpc) is 2.22. The van der Waals surface area contributed by atoms with E-state index in [-0.39, 0.29) is 50.5 Å². The van der Waals surface area contributed by atoms with Crippen molar-refractivity contribution < 1.29 is 61.3 Å². The Morgan fingerprint density at radius 1 is 0.519 bits per heavy atom. The van der Waals surface area contributed by atoms with Gasteiger partial charge in [0.2, 0.25) is 0 Å². The van der Waals surface area contributed by atoms with E-state index in [1.807, 2.05) is 0 Å². The van der Waals surface area contributed by atoms with Gasteiger partial charge in [0, 0.05) is 35.6 Å². The predicted octanol–water partition coefficient (Wildman–Crippen LogP) is 8.33. The van der Waals surface area contributed by atoms with Crippen LogP contribution in [0.4, 0.5) is 0 Å². The number of halogens is 3. The summed E-state index contributed by atoms with van der Waals surface area (Å²) in [7, 11) is 0.576. The van der Waals surface area contributed by atoms with Crippen LogP contribution in [0, 0.1) is 68.7 Å². The Labute approximate surface area is 226 Å². The van der Waals surface area contributed by atoms with Crippen molar-refractivity contribution >= 4 is 53.3 Å². The molecule has 2 nitrogen and oxygen atoms in total. The van der Waals surface area contributed by atoms with Crippen LogP contribution in [-0.4, -0.2) is 55.5 Å². The van der Waals surface area contributed by atoms with Gasteiger partial charge in [-0.2, -0.15) is 0 Å². The zero-order valence-electron chi connectivity index (χ0n) is 20.2. The molecule has 0 aromatic heterocycles. The topological polar surface area (TPSA) is 6.48 Å². The normalized spacial score (nSPS) is 11.7. The minimum atomic E-state index is -2.31. The van der Waals surface area contributed by atoms with Crippen LogP contribution in [0.25, 0.3) is 0 Å². The molecule has 0 aliphatic heterocycles. The van der Waals surface area contributed by atoms with Crippen LogP contribution in [0.2, 0.25) is 78.6 Å². The molecule has 0 aliphatic rings. The molecule has 0 saturated heterocycles. The van der Waals surface area contributed by atoms with Crippen molar-refractivity contribution in [1.82, 2.24) is 8.46 Å². The maximum absolute atomic E-state index is 5.03. The maximum atomic E-state index is 5.03. The van der Waals surface area contributed by atoms with Gasteiger partial charge in [-0.05, 0) is 14.1 Å². The minimum Gasteiger partial charge on any atom is 0 e. The Morgan fingerprint density at radius 2 is 0.593 bits per heavy atom. The van der Waals surface area contributed by atoms with Gasteiger partial charge in [-0.3, -0.25) is 0 Å². The Kier molecular flexibility index (Phi) is 30.6. The van der Waals surface area contributed by atoms with E-state index in [0.717, 1.165) is 0 Å². The molecule has 0 heterocycles. The van der Waals surface area contributed by atoms with Crippen LogP contribution >= 0.6 is 20.4 Å². The monoisotopic (exact) mass is 764 g/mol. The first-order chi connectivity index (χ1) is 10.0. The maximum Gasteiger partial charge on any atom is 0 e. The molecule has 0 aromatic carbocycles. The molecule has 1 radical (unpaired) electrons. The van der Waals surface area contributed by atoms with Crippen LogP contribution in [0.15, 0.2) is 0 Å². The second-order valence-corrected chi connectivity index (χ2v) is 47.0. The SMILES string of the molecule is C.CN([Si](C)(C)C)[Si](C)(C)C.CN([Si](C)(C)C)[Si](C)(C)C.[CH3-].[Cl][La]([Cl])[Cl].[La]. The second kappa shape index (κ2) is 18.5. The minimum absolute atomic E-state index is 0. The van der Waals surface area contributed by atoms with Crippen LogP contribution in [0.5, 0.6) is 0 Å². The molecule has 167 valence electrons. The van der Waals surface area contributed by atoms with Gasteiger partial charge in [0.05, 0.1) is 0 Å². The van der Waals surface area contributed by atoms with E-state index < -0.39 is 58.6 Å². The Balaban J connectivity index is -0.0000000624. The van der Waals surface area contributed by atoms with Crippen molar-refractivity contribution in [2.45, 2.75) is 86.0 Å². The van der Waals surface area contributed by atoms with Crippen molar-refractivity contribution in [1.29, 1.82) is 0 Å². The standard InChI is InChI=1S/2C7H21NSi2.CH4.CH3.3ClH.2La/c2*1-8(9(2,3)4)10(5,6)7;;;;;;;/h2*1-7H3;1H4;1H3;3*1H;;/q;;;-1;;;;;+3/p-3. The van der Waals surface area contributed by atoms with Crippen molar-refractivity contribution in [3.63, 3.8) is 0 Å². The van der Waals surface area contributed by atoms with E-state index in [1.54, 1.807) is 0 Å². The van der Waals surface area contributed by atoms with Crippen molar-refractivity contribution in [3.8, 4) is 0 Å². The second-order valence-electron chi connectivity index (χ2n) is 10.0. The molecule has 0 saturated carbocycles. The molecule has 0 atom stereocenters. The average molecular weight is 766 g/mol. The molecule has 0 aromatic rings. The van der Waals surface area contributed by atoms with Gasteiger partial charge < -0.3 is 15.9 Å². The predicted molar refractivity (Wildman–Crippen MR) is 140 cm³/mol. The van der Waals surface area contributed by atoms with Gasteiger partial charge in [-0.25, -0.2) is 0 Å². The summed E-state index contributed by atoms with van der Waals surface area (Å²) in [6.07, 6.45) is 0. The number of nitrogens with zero attached hydrogens (tertiary/aromatic N) is 2. The number of hydrogen-bond acceptors (Lipinski definition) is 2. The number of rotatable bonds is 4. The third-order valence-electron chi connectivity index (χ3n) is 4.02. The number of hydrogen-bond donors (Lipinski definition) is 0. The summed E-state index contributed by atoms with van der Waals surface area (Å²) in [4.78, 5) is 0. The molecule has 0 unspecified atom stereocenters. The Morgan fingerprint density at radius 3 is 0.593 bits per heavy atom. The van der Waals surface area contributed by atoms with E-state index in [4.69, 9.17) is 20.4 Å². The molecule has 0 amide bonds. The zero-order valence-corrected chi connectivity index (χ0v) is 33.7. The third-order valence-corrected chi connectivity index (χ3v) is 20.1. The molecule has 0 rings (SSSR count). The van der Waals surface area contributed by atoms with Crippen LogP contribution in [-0.2, 0) is 0 Å². The Hall–Kier alpha value is 4.05. The first-order valence-electron chi connectivity index (χ1n) is 8.44. The van der Waals surface area contributed by atoms with Gasteiger partial charge in [0.1, 0.15) is 32.9 Å². The van der Waals surface area contributed by atoms with Gasteiger partial charge in [0.25, 0.3) is 0 Å². The van der Waals surface area contributed by atoms with E-state index in [1.165, 1.54) is 0 Å². The first-order valence-corrected chi connectivity index (χ1v) is 35.9. The molecule has 0 bridgehead atoms. The van der Waals surface area contributed by atoms with E-state index in [0.29, 0.717) is 0 Å². The molecule has 0 N–H and O–H groups in total. The largest absolute Gasteiger partial charge is 0 e. The first kappa shape index (κ1) is 44.7. The van der Waals surface area contributed by atoms with Gasteiger partial charge in [-0.15, -0.1) is 0 Å². The van der Waals surface area contributed by atoms with Gasteiger partial charge in [0.15, 0.2) is 0 Å².